The maximum absolute atomic E-state index is 10.7. The zero-order chi connectivity index (χ0) is 17.2. The SMILES string of the molecule is CC/C=C\CCCCCCCC1(C)OC[C@@H](COP(=O)(O)O)O1. The van der Waals surface area contributed by atoms with E-state index >= 15 is 0 Å². The van der Waals surface area contributed by atoms with Crippen molar-refractivity contribution in [2.45, 2.75) is 77.1 Å². The van der Waals surface area contributed by atoms with E-state index in [-0.39, 0.29) is 6.61 Å². The van der Waals surface area contributed by atoms with E-state index in [9.17, 15) is 4.57 Å². The van der Waals surface area contributed by atoms with Crippen molar-refractivity contribution in [2.75, 3.05) is 13.2 Å². The predicted octanol–water partition coefficient (Wildman–Crippen LogP) is 3.92. The van der Waals surface area contributed by atoms with Crippen molar-refractivity contribution in [3.63, 3.8) is 0 Å². The molecule has 2 atom stereocenters. The van der Waals surface area contributed by atoms with E-state index in [1.54, 1.807) is 0 Å². The van der Waals surface area contributed by atoms with Gasteiger partial charge in [-0.15, -0.1) is 0 Å². The highest BCUT2D eigenvalue weighted by Gasteiger charge is 2.37. The molecule has 23 heavy (non-hydrogen) atoms. The number of unbranched alkanes of at least 4 members (excludes halogenated alkanes) is 5. The molecule has 6 nitrogen and oxygen atoms in total. The van der Waals surface area contributed by atoms with Crippen molar-refractivity contribution in [3.8, 4) is 0 Å². The van der Waals surface area contributed by atoms with Crippen molar-refractivity contribution in [2.24, 2.45) is 0 Å². The second-order valence-corrected chi connectivity index (χ2v) is 7.40. The maximum Gasteiger partial charge on any atom is 0.469 e. The summed E-state index contributed by atoms with van der Waals surface area (Å²) in [5, 5.41) is 0. The van der Waals surface area contributed by atoms with Gasteiger partial charge in [0.25, 0.3) is 0 Å². The van der Waals surface area contributed by atoms with Crippen LogP contribution in [0.5, 0.6) is 0 Å². The van der Waals surface area contributed by atoms with Crippen LogP contribution in [0.3, 0.4) is 0 Å². The fourth-order valence-corrected chi connectivity index (χ4v) is 2.97. The van der Waals surface area contributed by atoms with E-state index in [1.165, 1.54) is 25.7 Å². The Balaban J connectivity index is 2.06. The second-order valence-electron chi connectivity index (χ2n) is 6.16. The van der Waals surface area contributed by atoms with Gasteiger partial charge in [-0.3, -0.25) is 4.52 Å². The maximum atomic E-state index is 10.7. The Morgan fingerprint density at radius 2 is 1.91 bits per heavy atom. The highest BCUT2D eigenvalue weighted by molar-refractivity contribution is 7.46. The molecule has 0 aromatic heterocycles. The molecule has 1 fully saturated rings. The highest BCUT2D eigenvalue weighted by atomic mass is 31.2. The van der Waals surface area contributed by atoms with Crippen LogP contribution in [-0.4, -0.2) is 34.9 Å². The smallest absolute Gasteiger partial charge is 0.347 e. The van der Waals surface area contributed by atoms with E-state index in [0.29, 0.717) is 6.61 Å². The zero-order valence-corrected chi connectivity index (χ0v) is 15.2. The van der Waals surface area contributed by atoms with Gasteiger partial charge in [0, 0.05) is 6.42 Å². The van der Waals surface area contributed by atoms with Crippen molar-refractivity contribution in [3.05, 3.63) is 12.2 Å². The standard InChI is InChI=1S/C16H31O6P/c1-3-4-5-6-7-8-9-10-11-12-16(2)20-13-15(22-16)14-21-23(17,18)19/h4-5,15H,3,6-14H2,1-2H3,(H2,17,18,19)/b5-4-/t15-,16?/m0/s1. The molecule has 1 aliphatic rings. The molecule has 2 N–H and O–H groups in total. The predicted molar refractivity (Wildman–Crippen MR) is 89.0 cm³/mol. The molecule has 7 heteroatoms. The average molecular weight is 350 g/mol. The van der Waals surface area contributed by atoms with Crippen LogP contribution in [0, 0.1) is 0 Å². The average Bonchev–Trinajstić information content (AvgIpc) is 2.85. The third-order valence-corrected chi connectivity index (χ3v) is 4.31. The Morgan fingerprint density at radius 1 is 1.22 bits per heavy atom. The van der Waals surface area contributed by atoms with Gasteiger partial charge >= 0.3 is 7.82 Å². The monoisotopic (exact) mass is 350 g/mol. The Morgan fingerprint density at radius 3 is 2.61 bits per heavy atom. The van der Waals surface area contributed by atoms with E-state index < -0.39 is 19.7 Å². The first-order chi connectivity index (χ1) is 10.8. The molecule has 0 saturated carbocycles. The number of hydrogen-bond acceptors (Lipinski definition) is 4. The van der Waals surface area contributed by atoms with Crippen LogP contribution < -0.4 is 0 Å². The molecule has 0 aromatic rings. The summed E-state index contributed by atoms with van der Waals surface area (Å²) in [5.41, 5.74) is 0. The minimum Gasteiger partial charge on any atom is -0.347 e. The number of allylic oxidation sites excluding steroid dienone is 2. The molecular weight excluding hydrogens is 319 g/mol. The van der Waals surface area contributed by atoms with Crippen LogP contribution in [0.2, 0.25) is 0 Å². The lowest BCUT2D eigenvalue weighted by Crippen LogP contribution is -2.27. The Hall–Kier alpha value is -0.230. The summed E-state index contributed by atoms with van der Waals surface area (Å²) in [6.45, 7) is 4.18. The first-order valence-corrected chi connectivity index (χ1v) is 10.0. The van der Waals surface area contributed by atoms with E-state index in [2.05, 4.69) is 23.6 Å². The van der Waals surface area contributed by atoms with Gasteiger partial charge in [0.2, 0.25) is 0 Å². The van der Waals surface area contributed by atoms with Crippen LogP contribution in [0.4, 0.5) is 0 Å². The van der Waals surface area contributed by atoms with Gasteiger partial charge in [-0.25, -0.2) is 4.57 Å². The molecule has 0 aliphatic carbocycles. The summed E-state index contributed by atoms with van der Waals surface area (Å²) in [4.78, 5) is 17.4. The van der Waals surface area contributed by atoms with Gasteiger partial charge in [0.1, 0.15) is 6.10 Å². The summed E-state index contributed by atoms with van der Waals surface area (Å²) >= 11 is 0. The second kappa shape index (κ2) is 10.6. The van der Waals surface area contributed by atoms with Crippen LogP contribution in [-0.2, 0) is 18.6 Å². The first kappa shape index (κ1) is 20.8. The molecule has 1 unspecified atom stereocenters. The molecule has 1 aliphatic heterocycles. The van der Waals surface area contributed by atoms with Crippen LogP contribution in [0.25, 0.3) is 0 Å². The lowest BCUT2D eigenvalue weighted by molar-refractivity contribution is -0.162. The zero-order valence-electron chi connectivity index (χ0n) is 14.3. The van der Waals surface area contributed by atoms with Crippen molar-refractivity contribution in [1.82, 2.24) is 0 Å². The fraction of sp³-hybridized carbons (Fsp3) is 0.875. The van der Waals surface area contributed by atoms with Gasteiger partial charge in [-0.2, -0.15) is 0 Å². The fourth-order valence-electron chi connectivity index (χ4n) is 2.61. The summed E-state index contributed by atoms with van der Waals surface area (Å²) in [6.07, 6.45) is 13.0. The highest BCUT2D eigenvalue weighted by Crippen LogP contribution is 2.37. The molecule has 1 heterocycles. The van der Waals surface area contributed by atoms with E-state index in [0.717, 1.165) is 25.7 Å². The third-order valence-electron chi connectivity index (χ3n) is 3.82. The minimum absolute atomic E-state index is 0.148. The van der Waals surface area contributed by atoms with Crippen LogP contribution in [0.15, 0.2) is 12.2 Å². The topological polar surface area (TPSA) is 85.2 Å². The van der Waals surface area contributed by atoms with E-state index in [1.807, 2.05) is 6.92 Å². The Kier molecular flexibility index (Phi) is 9.59. The van der Waals surface area contributed by atoms with Gasteiger partial charge in [0.05, 0.1) is 13.2 Å². The lowest BCUT2D eigenvalue weighted by Gasteiger charge is -2.23. The summed E-state index contributed by atoms with van der Waals surface area (Å²) in [6, 6.07) is 0. The lowest BCUT2D eigenvalue weighted by atomic mass is 10.1. The number of rotatable bonds is 12. The largest absolute Gasteiger partial charge is 0.469 e. The molecule has 0 aromatic carbocycles. The quantitative estimate of drug-likeness (QED) is 0.315. The molecule has 0 spiro atoms. The molecule has 1 rings (SSSR count). The Labute approximate surface area is 139 Å². The number of phosphoric acid groups is 1. The van der Waals surface area contributed by atoms with E-state index in [4.69, 9.17) is 19.3 Å². The molecule has 0 bridgehead atoms. The summed E-state index contributed by atoms with van der Waals surface area (Å²) < 4.78 is 26.5. The summed E-state index contributed by atoms with van der Waals surface area (Å²) in [7, 11) is -4.44. The van der Waals surface area contributed by atoms with Crippen LogP contribution in [0.1, 0.15) is 65.2 Å². The number of ether oxygens (including phenoxy) is 2. The molecule has 0 amide bonds. The molecule has 0 radical (unpaired) electrons. The molecule has 1 saturated heterocycles. The van der Waals surface area contributed by atoms with Crippen LogP contribution >= 0.6 is 7.82 Å². The minimum atomic E-state index is -4.44. The summed E-state index contributed by atoms with van der Waals surface area (Å²) in [5.74, 6) is -0.660. The molecular formula is C16H31O6P. The normalized spacial score (nSPS) is 25.5. The molecule has 136 valence electrons. The van der Waals surface area contributed by atoms with Crippen molar-refractivity contribution >= 4 is 7.82 Å². The van der Waals surface area contributed by atoms with Gasteiger partial charge in [0.15, 0.2) is 5.79 Å². The number of phosphoric ester groups is 1. The van der Waals surface area contributed by atoms with Gasteiger partial charge in [-0.05, 0) is 32.6 Å². The third kappa shape index (κ3) is 10.3. The first-order valence-electron chi connectivity index (χ1n) is 8.51. The number of hydrogen-bond donors (Lipinski definition) is 2. The van der Waals surface area contributed by atoms with Crippen molar-refractivity contribution < 1.29 is 28.3 Å². The Bertz CT molecular complexity index is 394. The van der Waals surface area contributed by atoms with Gasteiger partial charge < -0.3 is 19.3 Å². The van der Waals surface area contributed by atoms with Crippen molar-refractivity contribution in [1.29, 1.82) is 0 Å². The van der Waals surface area contributed by atoms with Gasteiger partial charge in [-0.1, -0.05) is 38.3 Å².